The van der Waals surface area contributed by atoms with E-state index in [1.54, 1.807) is 0 Å². The quantitative estimate of drug-likeness (QED) is 0.197. The van der Waals surface area contributed by atoms with Crippen molar-refractivity contribution in [2.45, 2.75) is 19.3 Å². The van der Waals surface area contributed by atoms with Gasteiger partial charge in [-0.25, -0.2) is 4.98 Å². The highest BCUT2D eigenvalue weighted by Gasteiger charge is 2.35. The molecule has 0 unspecified atom stereocenters. The smallest absolute Gasteiger partial charge is 0.227 e. The van der Waals surface area contributed by atoms with E-state index in [2.05, 4.69) is 116 Å². The van der Waals surface area contributed by atoms with Crippen molar-refractivity contribution in [2.75, 3.05) is 4.90 Å². The third-order valence-electron chi connectivity index (χ3n) is 10.1. The van der Waals surface area contributed by atoms with E-state index >= 15 is 0 Å². The Morgan fingerprint density at radius 2 is 1.21 bits per heavy atom. The highest BCUT2D eigenvalue weighted by Crippen LogP contribution is 2.51. The Kier molecular flexibility index (Phi) is 5.59. The third-order valence-corrected chi connectivity index (χ3v) is 10.1. The standard InChI is InChI=1S/C44H30N2O2/c1-44(2)37-14-8-6-12-32(37)36-25-30(20-22-38(36)44)46(31-19-21-34-33-13-7-9-15-40(33)47-41(34)26-31)29-18-16-27-17-23-39-42(35(27)24-29)48-43(45-39)28-10-4-3-5-11-28/h3-26H,1-2H3. The molecule has 0 saturated carbocycles. The van der Waals surface area contributed by atoms with E-state index in [9.17, 15) is 0 Å². The molecule has 2 aromatic heterocycles. The number of rotatable bonds is 4. The Labute approximate surface area is 277 Å². The van der Waals surface area contributed by atoms with Crippen LogP contribution in [0.2, 0.25) is 0 Å². The van der Waals surface area contributed by atoms with Gasteiger partial charge in [-0.2, -0.15) is 0 Å². The third kappa shape index (κ3) is 3.93. The van der Waals surface area contributed by atoms with Crippen LogP contribution in [0.4, 0.5) is 17.1 Å². The molecule has 4 nitrogen and oxygen atoms in total. The maximum Gasteiger partial charge on any atom is 0.227 e. The first-order chi connectivity index (χ1) is 23.5. The molecule has 0 radical (unpaired) electrons. The molecular weight excluding hydrogens is 588 g/mol. The van der Waals surface area contributed by atoms with Gasteiger partial charge in [-0.3, -0.25) is 0 Å². The molecular formula is C44H30N2O2. The molecule has 0 spiro atoms. The Hall–Kier alpha value is -6.13. The number of fused-ring (bicyclic) bond motifs is 9. The second-order valence-electron chi connectivity index (χ2n) is 13.2. The van der Waals surface area contributed by atoms with Crippen LogP contribution >= 0.6 is 0 Å². The van der Waals surface area contributed by atoms with Gasteiger partial charge >= 0.3 is 0 Å². The van der Waals surface area contributed by atoms with Crippen molar-refractivity contribution in [1.29, 1.82) is 0 Å². The number of hydrogen-bond acceptors (Lipinski definition) is 4. The Morgan fingerprint density at radius 3 is 2.12 bits per heavy atom. The van der Waals surface area contributed by atoms with Gasteiger partial charge in [0.05, 0.1) is 0 Å². The fraction of sp³-hybridized carbons (Fsp3) is 0.0682. The summed E-state index contributed by atoms with van der Waals surface area (Å²) in [6, 6.07) is 51.3. The molecule has 0 amide bonds. The largest absolute Gasteiger partial charge is 0.456 e. The number of anilines is 3. The molecule has 4 heteroatoms. The van der Waals surface area contributed by atoms with Crippen LogP contribution in [-0.4, -0.2) is 4.98 Å². The molecule has 48 heavy (non-hydrogen) atoms. The molecule has 0 atom stereocenters. The van der Waals surface area contributed by atoms with Crippen LogP contribution in [0.25, 0.3) is 66.4 Å². The first kappa shape index (κ1) is 27.0. The van der Waals surface area contributed by atoms with E-state index in [0.717, 1.165) is 66.4 Å². The molecule has 0 N–H and O–H groups in total. The lowest BCUT2D eigenvalue weighted by Crippen LogP contribution is -2.15. The molecule has 10 rings (SSSR count). The number of furan rings is 1. The predicted octanol–water partition coefficient (Wildman–Crippen LogP) is 12.3. The second-order valence-corrected chi connectivity index (χ2v) is 13.2. The van der Waals surface area contributed by atoms with Gasteiger partial charge in [0, 0.05) is 50.3 Å². The minimum Gasteiger partial charge on any atom is -0.456 e. The first-order valence-corrected chi connectivity index (χ1v) is 16.4. The summed E-state index contributed by atoms with van der Waals surface area (Å²) in [6.45, 7) is 4.64. The minimum absolute atomic E-state index is 0.0697. The molecule has 0 aliphatic heterocycles. The zero-order valence-corrected chi connectivity index (χ0v) is 26.6. The summed E-state index contributed by atoms with van der Waals surface area (Å²) in [7, 11) is 0. The second kappa shape index (κ2) is 9.93. The first-order valence-electron chi connectivity index (χ1n) is 16.4. The van der Waals surface area contributed by atoms with Gasteiger partial charge in [0.25, 0.3) is 0 Å². The normalized spacial score (nSPS) is 13.4. The van der Waals surface area contributed by atoms with E-state index in [1.165, 1.54) is 22.3 Å². The van der Waals surface area contributed by atoms with Gasteiger partial charge in [-0.05, 0) is 88.3 Å². The molecule has 0 saturated heterocycles. The molecule has 0 fully saturated rings. The highest BCUT2D eigenvalue weighted by atomic mass is 16.3. The zero-order valence-electron chi connectivity index (χ0n) is 26.6. The molecule has 1 aliphatic rings. The lowest BCUT2D eigenvalue weighted by Gasteiger charge is -2.27. The van der Waals surface area contributed by atoms with Crippen molar-refractivity contribution in [2.24, 2.45) is 0 Å². The molecule has 1 aliphatic carbocycles. The fourth-order valence-electron chi connectivity index (χ4n) is 7.68. The molecule has 228 valence electrons. The van der Waals surface area contributed by atoms with E-state index < -0.39 is 0 Å². The van der Waals surface area contributed by atoms with Crippen LogP contribution in [0.5, 0.6) is 0 Å². The maximum absolute atomic E-state index is 6.48. The van der Waals surface area contributed by atoms with Gasteiger partial charge < -0.3 is 13.7 Å². The molecule has 0 bridgehead atoms. The lowest BCUT2D eigenvalue weighted by atomic mass is 9.82. The van der Waals surface area contributed by atoms with Crippen LogP contribution in [-0.2, 0) is 5.41 Å². The van der Waals surface area contributed by atoms with E-state index in [1.807, 2.05) is 48.5 Å². The van der Waals surface area contributed by atoms with Crippen molar-refractivity contribution in [3.63, 3.8) is 0 Å². The average molecular weight is 619 g/mol. The summed E-state index contributed by atoms with van der Waals surface area (Å²) in [4.78, 5) is 7.19. The Morgan fingerprint density at radius 1 is 0.521 bits per heavy atom. The van der Waals surface area contributed by atoms with Gasteiger partial charge in [0.1, 0.15) is 16.7 Å². The van der Waals surface area contributed by atoms with E-state index in [4.69, 9.17) is 13.8 Å². The SMILES string of the molecule is CC1(C)c2ccccc2-c2cc(N(c3ccc4c(c3)oc3ccccc34)c3ccc4ccc5nc(-c6ccccc6)oc5c4c3)ccc21. The van der Waals surface area contributed by atoms with Crippen molar-refractivity contribution in [3.8, 4) is 22.6 Å². The monoisotopic (exact) mass is 618 g/mol. The van der Waals surface area contributed by atoms with Crippen molar-refractivity contribution in [1.82, 2.24) is 4.98 Å². The molecule has 7 aromatic carbocycles. The summed E-state index contributed by atoms with van der Waals surface area (Å²) in [5.74, 6) is 0.621. The van der Waals surface area contributed by atoms with Gasteiger partial charge in [-0.15, -0.1) is 0 Å². The van der Waals surface area contributed by atoms with Crippen LogP contribution in [0.15, 0.2) is 154 Å². The number of oxazole rings is 1. The summed E-state index contributed by atoms with van der Waals surface area (Å²) in [6.07, 6.45) is 0. The van der Waals surface area contributed by atoms with Crippen molar-refractivity contribution >= 4 is 60.9 Å². The molecule has 2 heterocycles. The van der Waals surface area contributed by atoms with Crippen LogP contribution in [0.1, 0.15) is 25.0 Å². The highest BCUT2D eigenvalue weighted by molar-refractivity contribution is 6.07. The van der Waals surface area contributed by atoms with Gasteiger partial charge in [0.2, 0.25) is 5.89 Å². The number of aromatic nitrogens is 1. The van der Waals surface area contributed by atoms with Crippen molar-refractivity contribution in [3.05, 3.63) is 157 Å². The average Bonchev–Trinajstić information content (AvgIpc) is 3.80. The summed E-state index contributed by atoms with van der Waals surface area (Å²) < 4.78 is 12.9. The van der Waals surface area contributed by atoms with Crippen LogP contribution in [0.3, 0.4) is 0 Å². The summed E-state index contributed by atoms with van der Waals surface area (Å²) >= 11 is 0. The summed E-state index contributed by atoms with van der Waals surface area (Å²) in [5, 5.41) is 4.34. The Balaban J connectivity index is 1.20. The van der Waals surface area contributed by atoms with Crippen molar-refractivity contribution < 1.29 is 8.83 Å². The van der Waals surface area contributed by atoms with E-state index in [0.29, 0.717) is 5.89 Å². The minimum atomic E-state index is -0.0697. The zero-order chi connectivity index (χ0) is 32.0. The molecule has 9 aromatic rings. The number of benzene rings is 7. The lowest BCUT2D eigenvalue weighted by molar-refractivity contribution is 0.623. The number of hydrogen-bond donors (Lipinski definition) is 0. The Bertz CT molecular complexity index is 2720. The van der Waals surface area contributed by atoms with Crippen LogP contribution in [0, 0.1) is 0 Å². The summed E-state index contributed by atoms with van der Waals surface area (Å²) in [5.41, 5.74) is 12.6. The predicted molar refractivity (Wildman–Crippen MR) is 196 cm³/mol. The van der Waals surface area contributed by atoms with Crippen LogP contribution < -0.4 is 4.90 Å². The maximum atomic E-state index is 6.48. The van der Waals surface area contributed by atoms with E-state index in [-0.39, 0.29) is 5.41 Å². The number of nitrogens with zero attached hydrogens (tertiary/aromatic N) is 2. The fourth-order valence-corrected chi connectivity index (χ4v) is 7.68. The topological polar surface area (TPSA) is 42.4 Å². The van der Waals surface area contributed by atoms with Gasteiger partial charge in [-0.1, -0.05) is 92.7 Å². The number of para-hydroxylation sites is 1. The van der Waals surface area contributed by atoms with Gasteiger partial charge in [0.15, 0.2) is 5.58 Å².